The molecule has 1 aromatic heterocycles. The van der Waals surface area contributed by atoms with E-state index < -0.39 is 12.2 Å². The van der Waals surface area contributed by atoms with E-state index in [1.54, 1.807) is 12.4 Å². The quantitative estimate of drug-likeness (QED) is 0.649. The lowest BCUT2D eigenvalue weighted by atomic mass is 10.5. The van der Waals surface area contributed by atoms with Crippen LogP contribution in [0.5, 0.6) is 0 Å². The molecule has 0 saturated carbocycles. The van der Waals surface area contributed by atoms with Crippen LogP contribution < -0.4 is 0 Å². The monoisotopic (exact) mass is 173 g/mol. The number of halogens is 2. The van der Waals surface area contributed by atoms with Crippen LogP contribution in [0.4, 0.5) is 8.78 Å². The highest BCUT2D eigenvalue weighted by Gasteiger charge is 2.05. The zero-order chi connectivity index (χ0) is 9.40. The van der Waals surface area contributed by atoms with Crippen LogP contribution in [0.1, 0.15) is 6.92 Å². The summed E-state index contributed by atoms with van der Waals surface area (Å²) in [6, 6.07) is 5.72. The van der Waals surface area contributed by atoms with Gasteiger partial charge in [0.2, 0.25) is 0 Å². The summed E-state index contributed by atoms with van der Waals surface area (Å²) in [6.07, 6.45) is 0.713. The van der Waals surface area contributed by atoms with Gasteiger partial charge in [-0.2, -0.15) is 0 Å². The Kier molecular flexibility index (Phi) is 5.69. The molecule has 0 aliphatic heterocycles. The molecule has 0 unspecified atom stereocenters. The Hall–Kier alpha value is -1.32. The minimum Gasteiger partial charge on any atom is -0.294 e. The minimum absolute atomic E-state index is 0.852. The summed E-state index contributed by atoms with van der Waals surface area (Å²) in [5.41, 5.74) is 0. The molecule has 0 amide bonds. The van der Waals surface area contributed by atoms with Crippen LogP contribution in [-0.4, -0.2) is 17.2 Å². The van der Waals surface area contributed by atoms with E-state index in [4.69, 9.17) is 0 Å². The summed E-state index contributed by atoms with van der Waals surface area (Å²) in [4.78, 5) is 13.2. The van der Waals surface area contributed by atoms with Crippen molar-refractivity contribution in [2.45, 2.75) is 13.3 Å². The van der Waals surface area contributed by atoms with E-state index in [0.29, 0.717) is 0 Å². The molecule has 0 N–H and O–H groups in total. The molecule has 0 bridgehead atoms. The molecule has 66 valence electrons. The van der Waals surface area contributed by atoms with Crippen molar-refractivity contribution in [2.24, 2.45) is 0 Å². The Morgan fingerprint density at radius 1 is 1.25 bits per heavy atom. The van der Waals surface area contributed by atoms with E-state index in [-0.39, 0.29) is 0 Å². The maximum absolute atomic E-state index is 10.8. The third-order valence-corrected chi connectivity index (χ3v) is 0.874. The molecule has 1 rings (SSSR count). The Morgan fingerprint density at radius 3 is 1.75 bits per heavy atom. The highest BCUT2D eigenvalue weighted by atomic mass is 19.3. The molecule has 0 aliphatic rings. The summed E-state index contributed by atoms with van der Waals surface area (Å²) in [6.45, 7) is 0.852. The predicted molar refractivity (Wildman–Crippen MR) is 40.9 cm³/mol. The van der Waals surface area contributed by atoms with Crippen LogP contribution in [0.15, 0.2) is 30.6 Å². The average Bonchev–Trinajstić information content (AvgIpc) is 2.08. The van der Waals surface area contributed by atoms with E-state index in [9.17, 15) is 13.6 Å². The van der Waals surface area contributed by atoms with Crippen LogP contribution in [0.25, 0.3) is 0 Å². The van der Waals surface area contributed by atoms with Crippen molar-refractivity contribution in [1.82, 2.24) is 4.98 Å². The zero-order valence-electron chi connectivity index (χ0n) is 6.58. The maximum atomic E-state index is 10.8. The first-order valence-electron chi connectivity index (χ1n) is 3.28. The predicted octanol–water partition coefficient (Wildman–Crippen LogP) is 1.92. The van der Waals surface area contributed by atoms with Gasteiger partial charge < -0.3 is 0 Å². The van der Waals surface area contributed by atoms with Crippen LogP contribution in [0.3, 0.4) is 0 Å². The number of carbonyl (C=O) groups is 1. The molecule has 0 spiro atoms. The van der Waals surface area contributed by atoms with Crippen molar-refractivity contribution < 1.29 is 13.6 Å². The summed E-state index contributed by atoms with van der Waals surface area (Å²) < 4.78 is 21.6. The molecule has 12 heavy (non-hydrogen) atoms. The number of carbonyl (C=O) groups excluding carboxylic acids is 1. The molecular weight excluding hydrogens is 164 g/mol. The normalized spacial score (nSPS) is 8.67. The first-order chi connectivity index (χ1) is 5.64. The van der Waals surface area contributed by atoms with Crippen molar-refractivity contribution in [3.8, 4) is 0 Å². The topological polar surface area (TPSA) is 30.0 Å². The van der Waals surface area contributed by atoms with Gasteiger partial charge in [0, 0.05) is 19.3 Å². The van der Waals surface area contributed by atoms with Crippen molar-refractivity contribution >= 4 is 5.78 Å². The van der Waals surface area contributed by atoms with Crippen molar-refractivity contribution in [3.05, 3.63) is 30.6 Å². The zero-order valence-corrected chi connectivity index (χ0v) is 6.58. The van der Waals surface area contributed by atoms with E-state index in [2.05, 4.69) is 4.98 Å². The summed E-state index contributed by atoms with van der Waals surface area (Å²) >= 11 is 0. The lowest BCUT2D eigenvalue weighted by molar-refractivity contribution is -0.127. The largest absolute Gasteiger partial charge is 0.295 e. The van der Waals surface area contributed by atoms with Gasteiger partial charge in [0.25, 0.3) is 6.43 Å². The van der Waals surface area contributed by atoms with Crippen LogP contribution in [0, 0.1) is 0 Å². The summed E-state index contributed by atoms with van der Waals surface area (Å²) in [5, 5.41) is 0. The van der Waals surface area contributed by atoms with Gasteiger partial charge in [0.1, 0.15) is 0 Å². The molecule has 1 heterocycles. The molecular formula is C8H9F2NO. The molecule has 0 saturated heterocycles. The standard InChI is InChI=1S/C5H5N.C3H4F2O/c1-2-4-6-5-3-1;1-2(6)3(4)5/h1-5H;3H,1H3. The van der Waals surface area contributed by atoms with Crippen molar-refractivity contribution in [2.75, 3.05) is 0 Å². The number of pyridine rings is 1. The number of Topliss-reactive ketones (excluding diaryl/α,β-unsaturated/α-hetero) is 1. The second kappa shape index (κ2) is 6.39. The Balaban J connectivity index is 0.000000202. The third kappa shape index (κ3) is 6.80. The van der Waals surface area contributed by atoms with Crippen LogP contribution >= 0.6 is 0 Å². The number of hydrogen-bond donors (Lipinski definition) is 0. The molecule has 2 nitrogen and oxygen atoms in total. The molecule has 1 aromatic rings. The number of rotatable bonds is 1. The SMILES string of the molecule is CC(=O)C(F)F.c1ccncc1. The maximum Gasteiger partial charge on any atom is 0.295 e. The van der Waals surface area contributed by atoms with Gasteiger partial charge in [-0.25, -0.2) is 8.78 Å². The second-order valence-corrected chi connectivity index (χ2v) is 1.94. The smallest absolute Gasteiger partial charge is 0.294 e. The highest BCUT2D eigenvalue weighted by molar-refractivity contribution is 5.78. The van der Waals surface area contributed by atoms with Crippen molar-refractivity contribution in [3.63, 3.8) is 0 Å². The summed E-state index contributed by atoms with van der Waals surface area (Å²) in [7, 11) is 0. The Labute approximate surface area is 69.2 Å². The average molecular weight is 173 g/mol. The lowest BCUT2D eigenvalue weighted by Crippen LogP contribution is -2.02. The minimum atomic E-state index is -2.79. The van der Waals surface area contributed by atoms with Crippen molar-refractivity contribution in [1.29, 1.82) is 0 Å². The molecule has 0 fully saturated rings. The fourth-order valence-corrected chi connectivity index (χ4v) is 0.313. The summed E-state index contributed by atoms with van der Waals surface area (Å²) in [5.74, 6) is -1.07. The number of alkyl halides is 2. The fourth-order valence-electron chi connectivity index (χ4n) is 0.313. The van der Waals surface area contributed by atoms with E-state index >= 15 is 0 Å². The molecule has 0 atom stereocenters. The van der Waals surface area contributed by atoms with Gasteiger partial charge in [-0.05, 0) is 12.1 Å². The van der Waals surface area contributed by atoms with Crippen LogP contribution in [0.2, 0.25) is 0 Å². The number of hydrogen-bond acceptors (Lipinski definition) is 2. The van der Waals surface area contributed by atoms with Gasteiger partial charge in [-0.1, -0.05) is 6.07 Å². The molecule has 0 aliphatic carbocycles. The van der Waals surface area contributed by atoms with Gasteiger partial charge in [0.05, 0.1) is 0 Å². The molecule has 0 radical (unpaired) electrons. The first-order valence-corrected chi connectivity index (χ1v) is 3.28. The van der Waals surface area contributed by atoms with Gasteiger partial charge in [0.15, 0.2) is 5.78 Å². The third-order valence-electron chi connectivity index (χ3n) is 0.874. The molecule has 4 heteroatoms. The van der Waals surface area contributed by atoms with Gasteiger partial charge >= 0.3 is 0 Å². The number of ketones is 1. The van der Waals surface area contributed by atoms with E-state index in [1.807, 2.05) is 18.2 Å². The van der Waals surface area contributed by atoms with Gasteiger partial charge in [-0.3, -0.25) is 9.78 Å². The van der Waals surface area contributed by atoms with Crippen LogP contribution in [-0.2, 0) is 4.79 Å². The lowest BCUT2D eigenvalue weighted by Gasteiger charge is -1.82. The fraction of sp³-hybridized carbons (Fsp3) is 0.250. The Bertz CT molecular complexity index is 187. The van der Waals surface area contributed by atoms with E-state index in [0.717, 1.165) is 6.92 Å². The number of nitrogens with zero attached hydrogens (tertiary/aromatic N) is 1. The highest BCUT2D eigenvalue weighted by Crippen LogP contribution is 1.89. The first kappa shape index (κ1) is 10.7. The molecule has 0 aromatic carbocycles. The number of aromatic nitrogens is 1. The van der Waals surface area contributed by atoms with Gasteiger partial charge in [-0.15, -0.1) is 0 Å². The Morgan fingerprint density at radius 2 is 1.67 bits per heavy atom. The van der Waals surface area contributed by atoms with E-state index in [1.165, 1.54) is 0 Å². The second-order valence-electron chi connectivity index (χ2n) is 1.94.